The Balaban J connectivity index is 2.19. The first-order valence-electron chi connectivity index (χ1n) is 4.81. The first-order chi connectivity index (χ1) is 7.33. The molecule has 0 aliphatic rings. The van der Waals surface area contributed by atoms with Crippen LogP contribution in [0.25, 0.3) is 17.0 Å². The average molecular weight is 199 g/mol. The summed E-state index contributed by atoms with van der Waals surface area (Å²) in [6.45, 7) is 0. The van der Waals surface area contributed by atoms with E-state index in [1.165, 1.54) is 0 Å². The molecule has 3 rings (SSSR count). The summed E-state index contributed by atoms with van der Waals surface area (Å²) in [6, 6.07) is 8.01. The van der Waals surface area contributed by atoms with Crippen molar-refractivity contribution in [3.05, 3.63) is 43.0 Å². The second-order valence-corrected chi connectivity index (χ2v) is 3.56. The molecule has 1 N–H and O–H groups in total. The lowest BCUT2D eigenvalue weighted by molar-refractivity contribution is -0.670. The Kier molecular flexibility index (Phi) is 1.62. The topological polar surface area (TPSA) is 37.5 Å². The van der Waals surface area contributed by atoms with Crippen LogP contribution in [0.3, 0.4) is 0 Å². The van der Waals surface area contributed by atoms with Crippen LogP contribution in [0.1, 0.15) is 0 Å². The molecule has 4 nitrogen and oxygen atoms in total. The molecule has 0 atom stereocenters. The van der Waals surface area contributed by atoms with Crippen LogP contribution in [0, 0.1) is 0 Å². The van der Waals surface area contributed by atoms with Gasteiger partial charge in [-0.2, -0.15) is 9.55 Å². The van der Waals surface area contributed by atoms with E-state index in [-0.39, 0.29) is 0 Å². The molecule has 0 fully saturated rings. The fourth-order valence-corrected chi connectivity index (χ4v) is 1.64. The van der Waals surface area contributed by atoms with E-state index in [9.17, 15) is 0 Å². The third-order valence-corrected chi connectivity index (χ3v) is 2.39. The van der Waals surface area contributed by atoms with Gasteiger partial charge in [0.15, 0.2) is 0 Å². The van der Waals surface area contributed by atoms with Gasteiger partial charge in [0.05, 0.1) is 18.1 Å². The molecule has 0 radical (unpaired) electrons. The molecule has 2 aromatic heterocycles. The molecule has 0 saturated carbocycles. The van der Waals surface area contributed by atoms with Gasteiger partial charge in [0.1, 0.15) is 12.4 Å². The summed E-state index contributed by atoms with van der Waals surface area (Å²) in [6.07, 6.45) is 5.92. The molecule has 3 aromatic rings. The zero-order valence-electron chi connectivity index (χ0n) is 8.38. The minimum Gasteiger partial charge on any atom is -0.303 e. The largest absolute Gasteiger partial charge is 0.304 e. The number of nitrogens with one attached hydrogen (secondary N) is 1. The van der Waals surface area contributed by atoms with Crippen LogP contribution in [0.2, 0.25) is 0 Å². The Morgan fingerprint density at radius 3 is 2.93 bits per heavy atom. The Morgan fingerprint density at radius 1 is 1.33 bits per heavy atom. The fraction of sp³-hybridized carbons (Fsp3) is 0.0909. The summed E-state index contributed by atoms with van der Waals surface area (Å²) >= 11 is 0. The number of hydrogen-bond donors (Lipinski definition) is 1. The number of para-hydroxylation sites is 2. The molecule has 0 unspecified atom stereocenters. The van der Waals surface area contributed by atoms with Gasteiger partial charge in [0.2, 0.25) is 0 Å². The van der Waals surface area contributed by atoms with Gasteiger partial charge in [-0.15, -0.1) is 0 Å². The van der Waals surface area contributed by atoms with Crippen LogP contribution in [0.5, 0.6) is 0 Å². The quantitative estimate of drug-likeness (QED) is 0.587. The zero-order valence-corrected chi connectivity index (χ0v) is 8.38. The summed E-state index contributed by atoms with van der Waals surface area (Å²) in [5.74, 6) is 0.844. The van der Waals surface area contributed by atoms with Crippen LogP contribution < -0.4 is 4.57 Å². The van der Waals surface area contributed by atoms with Gasteiger partial charge in [-0.3, -0.25) is 0 Å². The summed E-state index contributed by atoms with van der Waals surface area (Å²) in [5, 5.41) is 0. The summed E-state index contributed by atoms with van der Waals surface area (Å²) in [4.78, 5) is 7.75. The van der Waals surface area contributed by atoms with E-state index >= 15 is 0 Å². The van der Waals surface area contributed by atoms with E-state index in [1.807, 2.05) is 59.2 Å². The highest BCUT2D eigenvalue weighted by Crippen LogP contribution is 2.12. The molecule has 4 heteroatoms. The molecule has 0 saturated heterocycles. The molecular weight excluding hydrogens is 188 g/mol. The molecule has 0 aliphatic heterocycles. The van der Waals surface area contributed by atoms with Crippen LogP contribution in [-0.2, 0) is 7.05 Å². The number of hydrogen-bond acceptors (Lipinski definition) is 1. The van der Waals surface area contributed by atoms with Crippen molar-refractivity contribution >= 4 is 11.0 Å². The van der Waals surface area contributed by atoms with Crippen molar-refractivity contribution < 1.29 is 4.57 Å². The number of aromatic nitrogens is 4. The van der Waals surface area contributed by atoms with Gasteiger partial charge in [0, 0.05) is 0 Å². The highest BCUT2D eigenvalue weighted by atomic mass is 15.2. The minimum atomic E-state index is 0.844. The van der Waals surface area contributed by atoms with Crippen molar-refractivity contribution in [3.63, 3.8) is 0 Å². The SMILES string of the molecule is C[n+]1ccn(-c2nc3ccccc3[nH]2)c1. The second kappa shape index (κ2) is 2.95. The Hall–Kier alpha value is -2.10. The highest BCUT2D eigenvalue weighted by Gasteiger charge is 2.08. The zero-order chi connectivity index (χ0) is 10.3. The van der Waals surface area contributed by atoms with Gasteiger partial charge in [-0.1, -0.05) is 12.1 Å². The van der Waals surface area contributed by atoms with E-state index in [4.69, 9.17) is 0 Å². The predicted octanol–water partition coefficient (Wildman–Crippen LogP) is 1.18. The van der Waals surface area contributed by atoms with E-state index in [1.54, 1.807) is 0 Å². The average Bonchev–Trinajstić information content (AvgIpc) is 2.82. The molecular formula is C11H11N4+. The van der Waals surface area contributed by atoms with Gasteiger partial charge in [0.25, 0.3) is 6.33 Å². The van der Waals surface area contributed by atoms with Crippen molar-refractivity contribution in [1.82, 2.24) is 14.5 Å². The Morgan fingerprint density at radius 2 is 2.20 bits per heavy atom. The van der Waals surface area contributed by atoms with Crippen LogP contribution in [0.4, 0.5) is 0 Å². The van der Waals surface area contributed by atoms with E-state index in [0.717, 1.165) is 17.0 Å². The maximum atomic E-state index is 4.49. The van der Waals surface area contributed by atoms with Gasteiger partial charge < -0.3 is 4.98 Å². The molecule has 15 heavy (non-hydrogen) atoms. The number of rotatable bonds is 1. The molecule has 0 aliphatic carbocycles. The van der Waals surface area contributed by atoms with Gasteiger partial charge >= 0.3 is 5.95 Å². The number of imidazole rings is 2. The van der Waals surface area contributed by atoms with Crippen molar-refractivity contribution in [2.24, 2.45) is 7.05 Å². The van der Waals surface area contributed by atoms with E-state index in [2.05, 4.69) is 9.97 Å². The lowest BCUT2D eigenvalue weighted by Crippen LogP contribution is -2.23. The summed E-state index contributed by atoms with van der Waals surface area (Å²) < 4.78 is 3.94. The standard InChI is InChI=1S/C11H11N4/c1-14-6-7-15(8-14)11-12-9-4-2-3-5-10(9)13-11/h2-8H,1H3,(H,12,13)/q+1. The number of nitrogens with zero attached hydrogens (tertiary/aromatic N) is 3. The third kappa shape index (κ3) is 1.30. The second-order valence-electron chi connectivity index (χ2n) is 3.56. The van der Waals surface area contributed by atoms with Gasteiger partial charge in [-0.25, -0.2) is 4.57 Å². The number of aryl methyl sites for hydroxylation is 1. The monoisotopic (exact) mass is 199 g/mol. The summed E-state index contributed by atoms with van der Waals surface area (Å²) in [5.41, 5.74) is 2.05. The Labute approximate surface area is 86.8 Å². The van der Waals surface area contributed by atoms with Crippen molar-refractivity contribution in [1.29, 1.82) is 0 Å². The first-order valence-corrected chi connectivity index (χ1v) is 4.81. The summed E-state index contributed by atoms with van der Waals surface area (Å²) in [7, 11) is 1.99. The normalized spacial score (nSPS) is 11.0. The van der Waals surface area contributed by atoms with E-state index < -0.39 is 0 Å². The van der Waals surface area contributed by atoms with Crippen molar-refractivity contribution in [2.45, 2.75) is 0 Å². The lowest BCUT2D eigenvalue weighted by atomic mass is 10.3. The first kappa shape index (κ1) is 8.23. The van der Waals surface area contributed by atoms with E-state index in [0.29, 0.717) is 0 Å². The Bertz CT molecular complexity index is 573. The van der Waals surface area contributed by atoms with Crippen molar-refractivity contribution in [2.75, 3.05) is 0 Å². The molecule has 1 aromatic carbocycles. The predicted molar refractivity (Wildman–Crippen MR) is 56.6 cm³/mol. The molecule has 0 bridgehead atoms. The maximum Gasteiger partial charge on any atom is 0.304 e. The van der Waals surface area contributed by atoms with Crippen LogP contribution in [0.15, 0.2) is 43.0 Å². The smallest absolute Gasteiger partial charge is 0.303 e. The third-order valence-electron chi connectivity index (χ3n) is 2.39. The minimum absolute atomic E-state index is 0.844. The number of H-pyrrole nitrogens is 1. The lowest BCUT2D eigenvalue weighted by Gasteiger charge is -1.85. The fourth-order valence-electron chi connectivity index (χ4n) is 1.64. The molecule has 0 amide bonds. The molecule has 2 heterocycles. The highest BCUT2D eigenvalue weighted by molar-refractivity contribution is 5.75. The van der Waals surface area contributed by atoms with Gasteiger partial charge in [-0.05, 0) is 12.1 Å². The maximum absolute atomic E-state index is 4.49. The number of benzene rings is 1. The van der Waals surface area contributed by atoms with Crippen molar-refractivity contribution in [3.8, 4) is 5.95 Å². The molecule has 0 spiro atoms. The number of aromatic amines is 1. The molecule has 74 valence electrons. The van der Waals surface area contributed by atoms with Crippen LogP contribution >= 0.6 is 0 Å². The number of fused-ring (bicyclic) bond motifs is 1. The van der Waals surface area contributed by atoms with Crippen LogP contribution in [-0.4, -0.2) is 14.5 Å².